The van der Waals surface area contributed by atoms with E-state index in [1.807, 2.05) is 43.3 Å². The zero-order chi connectivity index (χ0) is 22.3. The Bertz CT molecular complexity index is 1190. The highest BCUT2D eigenvalue weighted by molar-refractivity contribution is 7.09. The normalized spacial score (nSPS) is 10.7. The van der Waals surface area contributed by atoms with Crippen molar-refractivity contribution in [2.24, 2.45) is 0 Å². The Kier molecular flexibility index (Phi) is 6.66. The van der Waals surface area contributed by atoms with Crippen LogP contribution in [0.4, 0.5) is 5.69 Å². The Morgan fingerprint density at radius 1 is 1.09 bits per heavy atom. The topological polar surface area (TPSA) is 99.0 Å². The van der Waals surface area contributed by atoms with Gasteiger partial charge >= 0.3 is 5.97 Å². The molecule has 0 bridgehead atoms. The number of rotatable bonds is 8. The second-order valence-electron chi connectivity index (χ2n) is 7.19. The Morgan fingerprint density at radius 2 is 1.88 bits per heavy atom. The van der Waals surface area contributed by atoms with Crippen molar-refractivity contribution in [3.05, 3.63) is 94.0 Å². The third-order valence-electron chi connectivity index (χ3n) is 4.60. The number of hydrogen-bond donors (Lipinski definition) is 1. The van der Waals surface area contributed by atoms with Crippen LogP contribution >= 0.6 is 11.3 Å². The first-order valence-corrected chi connectivity index (χ1v) is 10.8. The third kappa shape index (κ3) is 5.86. The standard InChI is InChI=1S/C23H21N5O3S/c1-16-2-8-19(9-3-16)26-21(29)10-22-27-20(13-32-22)12-31-23(30)18-6-4-17(5-7-18)11-28-15-24-14-25-28/h2-9,13-15H,10-12H2,1H3,(H,26,29). The highest BCUT2D eigenvalue weighted by Gasteiger charge is 2.12. The molecule has 0 aliphatic carbocycles. The van der Waals surface area contributed by atoms with Crippen LogP contribution in [-0.4, -0.2) is 31.6 Å². The van der Waals surface area contributed by atoms with Gasteiger partial charge in [-0.15, -0.1) is 11.3 Å². The molecular formula is C23H21N5O3S. The average molecular weight is 448 g/mol. The summed E-state index contributed by atoms with van der Waals surface area (Å²) in [5, 5.41) is 9.37. The predicted molar refractivity (Wildman–Crippen MR) is 120 cm³/mol. The van der Waals surface area contributed by atoms with Crippen molar-refractivity contribution < 1.29 is 14.3 Å². The van der Waals surface area contributed by atoms with Crippen LogP contribution in [-0.2, 0) is 29.1 Å². The molecule has 0 radical (unpaired) electrons. The maximum absolute atomic E-state index is 12.3. The van der Waals surface area contributed by atoms with Gasteiger partial charge in [-0.25, -0.2) is 19.4 Å². The molecule has 0 saturated heterocycles. The van der Waals surface area contributed by atoms with Crippen LogP contribution in [0.1, 0.15) is 32.2 Å². The maximum atomic E-state index is 12.3. The van der Waals surface area contributed by atoms with Crippen LogP contribution in [0.3, 0.4) is 0 Å². The van der Waals surface area contributed by atoms with Crippen LogP contribution < -0.4 is 5.32 Å². The van der Waals surface area contributed by atoms with E-state index in [0.717, 1.165) is 16.8 Å². The van der Waals surface area contributed by atoms with Gasteiger partial charge < -0.3 is 10.1 Å². The molecule has 1 amide bonds. The Balaban J connectivity index is 1.25. The van der Waals surface area contributed by atoms with Crippen molar-refractivity contribution in [3.8, 4) is 0 Å². The summed E-state index contributed by atoms with van der Waals surface area (Å²) in [6, 6.07) is 14.7. The summed E-state index contributed by atoms with van der Waals surface area (Å²) in [4.78, 5) is 32.8. The largest absolute Gasteiger partial charge is 0.456 e. The molecule has 2 heterocycles. The molecule has 1 N–H and O–H groups in total. The number of carbonyl (C=O) groups is 2. The van der Waals surface area contributed by atoms with Gasteiger partial charge in [0.25, 0.3) is 0 Å². The monoisotopic (exact) mass is 447 g/mol. The fourth-order valence-corrected chi connectivity index (χ4v) is 3.72. The molecule has 0 saturated carbocycles. The first kappa shape index (κ1) is 21.4. The number of amides is 1. The van der Waals surface area contributed by atoms with Crippen molar-refractivity contribution in [2.45, 2.75) is 26.5 Å². The second-order valence-corrected chi connectivity index (χ2v) is 8.13. The summed E-state index contributed by atoms with van der Waals surface area (Å²) in [5.74, 6) is -0.568. The minimum Gasteiger partial charge on any atom is -0.456 e. The highest BCUT2D eigenvalue weighted by atomic mass is 32.1. The predicted octanol–water partition coefficient (Wildman–Crippen LogP) is 3.63. The molecule has 2 aromatic heterocycles. The molecule has 162 valence electrons. The summed E-state index contributed by atoms with van der Waals surface area (Å²) in [7, 11) is 0. The van der Waals surface area contributed by atoms with E-state index in [2.05, 4.69) is 20.4 Å². The Labute approximate surface area is 188 Å². The molecular weight excluding hydrogens is 426 g/mol. The first-order chi connectivity index (χ1) is 15.5. The molecule has 0 fully saturated rings. The van der Waals surface area contributed by atoms with E-state index < -0.39 is 5.97 Å². The van der Waals surface area contributed by atoms with E-state index in [4.69, 9.17) is 4.74 Å². The van der Waals surface area contributed by atoms with E-state index in [1.165, 1.54) is 17.7 Å². The number of aromatic nitrogens is 4. The van der Waals surface area contributed by atoms with Gasteiger partial charge in [-0.3, -0.25) is 4.79 Å². The number of nitrogens with zero attached hydrogens (tertiary/aromatic N) is 4. The van der Waals surface area contributed by atoms with Crippen molar-refractivity contribution in [2.75, 3.05) is 5.32 Å². The molecule has 9 heteroatoms. The number of esters is 1. The number of anilines is 1. The summed E-state index contributed by atoms with van der Waals surface area (Å²) in [5.41, 5.74) is 3.95. The number of hydrogen-bond acceptors (Lipinski definition) is 7. The zero-order valence-corrected chi connectivity index (χ0v) is 18.2. The van der Waals surface area contributed by atoms with Crippen molar-refractivity contribution >= 4 is 28.9 Å². The van der Waals surface area contributed by atoms with E-state index in [1.54, 1.807) is 28.5 Å². The smallest absolute Gasteiger partial charge is 0.338 e. The van der Waals surface area contributed by atoms with Gasteiger partial charge in [0.2, 0.25) is 5.91 Å². The zero-order valence-electron chi connectivity index (χ0n) is 17.4. The fraction of sp³-hybridized carbons (Fsp3) is 0.174. The minimum absolute atomic E-state index is 0.0512. The molecule has 2 aromatic carbocycles. The summed E-state index contributed by atoms with van der Waals surface area (Å²) in [6.07, 6.45) is 3.28. The van der Waals surface area contributed by atoms with Gasteiger partial charge in [-0.1, -0.05) is 29.8 Å². The van der Waals surface area contributed by atoms with Crippen LogP contribution in [0.15, 0.2) is 66.6 Å². The lowest BCUT2D eigenvalue weighted by Crippen LogP contribution is -2.14. The van der Waals surface area contributed by atoms with E-state index in [-0.39, 0.29) is 18.9 Å². The molecule has 4 rings (SSSR count). The van der Waals surface area contributed by atoms with Crippen molar-refractivity contribution in [1.29, 1.82) is 0 Å². The average Bonchev–Trinajstić information content (AvgIpc) is 3.46. The lowest BCUT2D eigenvalue weighted by Gasteiger charge is -2.05. The molecule has 4 aromatic rings. The van der Waals surface area contributed by atoms with Crippen LogP contribution in [0.25, 0.3) is 0 Å². The fourth-order valence-electron chi connectivity index (χ4n) is 2.95. The molecule has 0 spiro atoms. The SMILES string of the molecule is Cc1ccc(NC(=O)Cc2nc(COC(=O)c3ccc(Cn4cncn4)cc3)cs2)cc1. The van der Waals surface area contributed by atoms with Gasteiger partial charge in [0.05, 0.1) is 24.2 Å². The second kappa shape index (κ2) is 9.97. The number of benzene rings is 2. The van der Waals surface area contributed by atoms with Crippen LogP contribution in [0.5, 0.6) is 0 Å². The molecule has 32 heavy (non-hydrogen) atoms. The number of carbonyl (C=O) groups excluding carboxylic acids is 2. The van der Waals surface area contributed by atoms with Gasteiger partial charge in [0.15, 0.2) is 0 Å². The number of thiazole rings is 1. The first-order valence-electron chi connectivity index (χ1n) is 9.93. The van der Waals surface area contributed by atoms with Crippen molar-refractivity contribution in [1.82, 2.24) is 19.7 Å². The number of aryl methyl sites for hydroxylation is 1. The molecule has 8 nitrogen and oxygen atoms in total. The van der Waals surface area contributed by atoms with E-state index in [9.17, 15) is 9.59 Å². The Morgan fingerprint density at radius 3 is 2.59 bits per heavy atom. The summed E-state index contributed by atoms with van der Waals surface area (Å²) in [6.45, 7) is 2.62. The third-order valence-corrected chi connectivity index (χ3v) is 5.50. The summed E-state index contributed by atoms with van der Waals surface area (Å²) >= 11 is 1.37. The summed E-state index contributed by atoms with van der Waals surface area (Å²) < 4.78 is 7.06. The quantitative estimate of drug-likeness (QED) is 0.414. The van der Waals surface area contributed by atoms with Gasteiger partial charge in [-0.05, 0) is 36.8 Å². The maximum Gasteiger partial charge on any atom is 0.338 e. The number of nitrogens with one attached hydrogen (secondary N) is 1. The lowest BCUT2D eigenvalue weighted by molar-refractivity contribution is -0.115. The van der Waals surface area contributed by atoms with Gasteiger partial charge in [0.1, 0.15) is 24.3 Å². The molecule has 0 aliphatic heterocycles. The van der Waals surface area contributed by atoms with E-state index >= 15 is 0 Å². The minimum atomic E-state index is -0.427. The molecule has 0 atom stereocenters. The lowest BCUT2D eigenvalue weighted by atomic mass is 10.1. The van der Waals surface area contributed by atoms with E-state index in [0.29, 0.717) is 22.8 Å². The van der Waals surface area contributed by atoms with Gasteiger partial charge in [-0.2, -0.15) is 5.10 Å². The van der Waals surface area contributed by atoms with Crippen LogP contribution in [0.2, 0.25) is 0 Å². The molecule has 0 aliphatic rings. The molecule has 0 unspecified atom stereocenters. The van der Waals surface area contributed by atoms with Crippen LogP contribution in [0, 0.1) is 6.92 Å². The van der Waals surface area contributed by atoms with Gasteiger partial charge in [0, 0.05) is 11.1 Å². The Hall–Kier alpha value is -3.85. The van der Waals surface area contributed by atoms with Crippen molar-refractivity contribution in [3.63, 3.8) is 0 Å². The highest BCUT2D eigenvalue weighted by Crippen LogP contribution is 2.15. The number of ether oxygens (including phenoxy) is 1.